The fourth-order valence-electron chi connectivity index (χ4n) is 3.28. The number of hydrogen-bond donors (Lipinski definition) is 2. The molecule has 6 nitrogen and oxygen atoms in total. The van der Waals surface area contributed by atoms with Gasteiger partial charge < -0.3 is 4.90 Å². The Hall–Kier alpha value is -3.06. The molecular formula is C24H27N3O3. The largest absolute Gasteiger partial charge is 0.304 e. The number of allylic oxidation sites excluding steroid dienone is 1. The molecule has 2 aromatic rings. The van der Waals surface area contributed by atoms with Gasteiger partial charge in [-0.15, -0.1) is 0 Å². The van der Waals surface area contributed by atoms with Crippen molar-refractivity contribution in [3.8, 4) is 0 Å². The fourth-order valence-corrected chi connectivity index (χ4v) is 3.28. The zero-order valence-electron chi connectivity index (χ0n) is 17.1. The van der Waals surface area contributed by atoms with Crippen LogP contribution >= 0.6 is 0 Å². The van der Waals surface area contributed by atoms with Gasteiger partial charge in [-0.3, -0.25) is 19.7 Å². The molecule has 2 aromatic carbocycles. The quantitative estimate of drug-likeness (QED) is 0.321. The molecule has 0 unspecified atom stereocenters. The van der Waals surface area contributed by atoms with Gasteiger partial charge in [0, 0.05) is 44.4 Å². The predicted molar refractivity (Wildman–Crippen MR) is 118 cm³/mol. The van der Waals surface area contributed by atoms with Crippen LogP contribution in [0.1, 0.15) is 27.0 Å². The van der Waals surface area contributed by atoms with Crippen LogP contribution in [-0.2, 0) is 11.3 Å². The summed E-state index contributed by atoms with van der Waals surface area (Å²) >= 11 is 0. The molecule has 30 heavy (non-hydrogen) atoms. The van der Waals surface area contributed by atoms with Crippen molar-refractivity contribution in [1.29, 1.82) is 0 Å². The summed E-state index contributed by atoms with van der Waals surface area (Å²) in [5.41, 5.74) is 5.06. The molecule has 0 spiro atoms. The topological polar surface area (TPSA) is 72.9 Å². The first-order valence-corrected chi connectivity index (χ1v) is 9.98. The van der Waals surface area contributed by atoms with E-state index in [2.05, 4.69) is 16.8 Å². The average molecular weight is 405 g/mol. The molecule has 0 atom stereocenters. The fraction of sp³-hybridized carbons (Fsp3) is 0.250. The minimum Gasteiger partial charge on any atom is -0.304 e. The number of carbonyl (C=O) groups is 2. The van der Waals surface area contributed by atoms with Gasteiger partial charge in [0.25, 0.3) is 5.91 Å². The summed E-state index contributed by atoms with van der Waals surface area (Å²) in [5, 5.41) is 8.53. The number of nitrogens with zero attached hydrogens (tertiary/aromatic N) is 2. The number of amides is 1. The number of carbonyl (C=O) groups excluding carboxylic acids is 2. The lowest BCUT2D eigenvalue weighted by Gasteiger charge is -2.32. The van der Waals surface area contributed by atoms with E-state index < -0.39 is 5.91 Å². The Morgan fingerprint density at radius 2 is 1.60 bits per heavy atom. The Bertz CT molecular complexity index is 927. The lowest BCUT2D eigenvalue weighted by atomic mass is 10.1. The first-order valence-electron chi connectivity index (χ1n) is 9.98. The van der Waals surface area contributed by atoms with Crippen LogP contribution in [0.3, 0.4) is 0 Å². The second-order valence-corrected chi connectivity index (χ2v) is 7.45. The zero-order chi connectivity index (χ0) is 21.3. The normalized spacial score (nSPS) is 15.7. The summed E-state index contributed by atoms with van der Waals surface area (Å²) in [6.07, 6.45) is 6.13. The third kappa shape index (κ3) is 6.49. The summed E-state index contributed by atoms with van der Waals surface area (Å²) in [5.74, 6) is -0.649. The Labute approximate surface area is 177 Å². The molecule has 6 heteroatoms. The highest BCUT2D eigenvalue weighted by molar-refractivity contribution is 6.06. The van der Waals surface area contributed by atoms with E-state index in [0.717, 1.165) is 43.9 Å². The molecule has 3 rings (SSSR count). The highest BCUT2D eigenvalue weighted by atomic mass is 16.5. The maximum Gasteiger partial charge on any atom is 0.267 e. The molecule has 0 bridgehead atoms. The summed E-state index contributed by atoms with van der Waals surface area (Å²) in [6.45, 7) is 5.23. The summed E-state index contributed by atoms with van der Waals surface area (Å²) in [6, 6.07) is 15.2. The van der Waals surface area contributed by atoms with Crippen LogP contribution in [0.5, 0.6) is 0 Å². The molecule has 1 saturated heterocycles. The molecule has 1 aliphatic rings. The van der Waals surface area contributed by atoms with E-state index in [4.69, 9.17) is 5.21 Å². The van der Waals surface area contributed by atoms with E-state index in [0.29, 0.717) is 5.56 Å². The van der Waals surface area contributed by atoms with Gasteiger partial charge in [-0.25, -0.2) is 5.48 Å². The molecule has 0 radical (unpaired) electrons. The number of hydroxylamine groups is 1. The molecule has 0 aromatic heterocycles. The number of piperazine rings is 1. The number of benzene rings is 2. The minimum absolute atomic E-state index is 0.0539. The smallest absolute Gasteiger partial charge is 0.267 e. The van der Waals surface area contributed by atoms with Gasteiger partial charge >= 0.3 is 0 Å². The first-order chi connectivity index (χ1) is 14.5. The zero-order valence-corrected chi connectivity index (χ0v) is 17.1. The van der Waals surface area contributed by atoms with Crippen LogP contribution in [0.25, 0.3) is 12.2 Å². The van der Waals surface area contributed by atoms with Gasteiger partial charge in [0.05, 0.1) is 0 Å². The van der Waals surface area contributed by atoms with E-state index in [9.17, 15) is 9.59 Å². The lowest BCUT2D eigenvalue weighted by Crippen LogP contribution is -2.43. The van der Waals surface area contributed by atoms with E-state index in [-0.39, 0.29) is 5.78 Å². The molecule has 2 N–H and O–H groups in total. The van der Waals surface area contributed by atoms with Crippen molar-refractivity contribution in [2.24, 2.45) is 0 Å². The lowest BCUT2D eigenvalue weighted by molar-refractivity contribution is -0.124. The molecule has 1 aliphatic heterocycles. The minimum atomic E-state index is -0.595. The average Bonchev–Trinajstić information content (AvgIpc) is 2.78. The van der Waals surface area contributed by atoms with Gasteiger partial charge in [-0.2, -0.15) is 0 Å². The van der Waals surface area contributed by atoms with Gasteiger partial charge in [-0.05, 0) is 42.0 Å². The number of rotatable bonds is 7. The second kappa shape index (κ2) is 10.6. The number of ketones is 1. The maximum absolute atomic E-state index is 12.5. The summed E-state index contributed by atoms with van der Waals surface area (Å²) in [4.78, 5) is 28.3. The molecule has 1 amide bonds. The monoisotopic (exact) mass is 405 g/mol. The molecule has 0 aliphatic carbocycles. The Morgan fingerprint density at radius 3 is 2.23 bits per heavy atom. The number of hydrogen-bond acceptors (Lipinski definition) is 5. The van der Waals surface area contributed by atoms with Crippen LogP contribution < -0.4 is 5.48 Å². The van der Waals surface area contributed by atoms with Crippen molar-refractivity contribution in [2.75, 3.05) is 33.2 Å². The highest BCUT2D eigenvalue weighted by Crippen LogP contribution is 2.13. The third-order valence-electron chi connectivity index (χ3n) is 5.12. The Morgan fingerprint density at radius 1 is 0.967 bits per heavy atom. The first kappa shape index (κ1) is 21.6. The summed E-state index contributed by atoms with van der Waals surface area (Å²) < 4.78 is 0. The third-order valence-corrected chi connectivity index (χ3v) is 5.12. The maximum atomic E-state index is 12.5. The van der Waals surface area contributed by atoms with Crippen molar-refractivity contribution in [3.05, 3.63) is 82.9 Å². The van der Waals surface area contributed by atoms with Crippen molar-refractivity contribution in [1.82, 2.24) is 15.3 Å². The summed E-state index contributed by atoms with van der Waals surface area (Å²) in [7, 11) is 2.15. The van der Waals surface area contributed by atoms with Crippen LogP contribution in [-0.4, -0.2) is 59.9 Å². The van der Waals surface area contributed by atoms with E-state index in [1.165, 1.54) is 11.6 Å². The van der Waals surface area contributed by atoms with Crippen LogP contribution in [0.4, 0.5) is 0 Å². The van der Waals surface area contributed by atoms with E-state index >= 15 is 0 Å². The van der Waals surface area contributed by atoms with E-state index in [1.807, 2.05) is 48.5 Å². The SMILES string of the molecule is CN1CCN(Cc2ccc(C(=O)C=Cc3cccc(C=CC(=O)NO)c3)cc2)CC1. The number of likely N-dealkylation sites (N-methyl/N-ethyl adjacent to an activating group) is 1. The molecule has 0 saturated carbocycles. The van der Waals surface area contributed by atoms with Gasteiger partial charge in [0.2, 0.25) is 0 Å². The van der Waals surface area contributed by atoms with Crippen LogP contribution in [0, 0.1) is 0 Å². The molecule has 156 valence electrons. The predicted octanol–water partition coefficient (Wildman–Crippen LogP) is 2.85. The van der Waals surface area contributed by atoms with Crippen molar-refractivity contribution in [3.63, 3.8) is 0 Å². The molecule has 1 fully saturated rings. The van der Waals surface area contributed by atoms with Gasteiger partial charge in [0.15, 0.2) is 5.78 Å². The standard InChI is InChI=1S/C24H27N3O3/c1-26-13-15-27(16-14-26)18-21-5-9-22(10-6-21)23(28)11-7-19-3-2-4-20(17-19)8-12-24(29)25-30/h2-12,17,30H,13-16,18H2,1H3,(H,25,29). The second-order valence-electron chi connectivity index (χ2n) is 7.45. The number of nitrogens with one attached hydrogen (secondary N) is 1. The van der Waals surface area contributed by atoms with Crippen LogP contribution in [0.15, 0.2) is 60.7 Å². The van der Waals surface area contributed by atoms with E-state index in [1.54, 1.807) is 23.7 Å². The molecule has 1 heterocycles. The molecular weight excluding hydrogens is 378 g/mol. The Balaban J connectivity index is 1.58. The van der Waals surface area contributed by atoms with Crippen molar-refractivity contribution in [2.45, 2.75) is 6.54 Å². The van der Waals surface area contributed by atoms with Gasteiger partial charge in [0.1, 0.15) is 0 Å². The van der Waals surface area contributed by atoms with Crippen molar-refractivity contribution >= 4 is 23.8 Å². The van der Waals surface area contributed by atoms with Crippen LogP contribution in [0.2, 0.25) is 0 Å². The van der Waals surface area contributed by atoms with Gasteiger partial charge in [-0.1, -0.05) is 48.5 Å². The Kier molecular flexibility index (Phi) is 7.68. The van der Waals surface area contributed by atoms with Crippen molar-refractivity contribution < 1.29 is 14.8 Å². The highest BCUT2D eigenvalue weighted by Gasteiger charge is 2.13.